The highest BCUT2D eigenvalue weighted by Gasteiger charge is 2.47. The van der Waals surface area contributed by atoms with E-state index in [1.165, 1.54) is 12.0 Å². The van der Waals surface area contributed by atoms with Gasteiger partial charge in [0.05, 0.1) is 38.5 Å². The summed E-state index contributed by atoms with van der Waals surface area (Å²) in [5, 5.41) is 0. The molecular formula is C18H22N2O5. The van der Waals surface area contributed by atoms with Crippen molar-refractivity contribution in [3.05, 3.63) is 24.3 Å². The summed E-state index contributed by atoms with van der Waals surface area (Å²) in [5.74, 6) is -0.327. The summed E-state index contributed by atoms with van der Waals surface area (Å²) in [7, 11) is 1.53. The topological polar surface area (TPSA) is 68.3 Å². The van der Waals surface area contributed by atoms with Gasteiger partial charge in [0, 0.05) is 25.9 Å². The maximum Gasteiger partial charge on any atom is 0.251 e. The zero-order valence-electron chi connectivity index (χ0n) is 14.3. The number of imide groups is 1. The molecule has 25 heavy (non-hydrogen) atoms. The lowest BCUT2D eigenvalue weighted by Crippen LogP contribution is -2.51. The van der Waals surface area contributed by atoms with E-state index in [2.05, 4.69) is 4.90 Å². The molecule has 2 amide bonds. The van der Waals surface area contributed by atoms with Gasteiger partial charge in [-0.25, -0.2) is 4.90 Å². The number of anilines is 1. The van der Waals surface area contributed by atoms with Gasteiger partial charge in [0.2, 0.25) is 5.91 Å². The van der Waals surface area contributed by atoms with Gasteiger partial charge in [-0.3, -0.25) is 14.5 Å². The van der Waals surface area contributed by atoms with Crippen LogP contribution in [0.4, 0.5) is 5.69 Å². The third kappa shape index (κ3) is 2.82. The Hall–Kier alpha value is -1.96. The van der Waals surface area contributed by atoms with Crippen molar-refractivity contribution in [3.8, 4) is 5.75 Å². The Kier molecular flexibility index (Phi) is 4.23. The van der Waals surface area contributed by atoms with E-state index in [1.54, 1.807) is 18.2 Å². The Morgan fingerprint density at radius 3 is 2.48 bits per heavy atom. The Labute approximate surface area is 146 Å². The first-order chi connectivity index (χ1) is 12.1. The summed E-state index contributed by atoms with van der Waals surface area (Å²) in [6.45, 7) is 2.62. The second-order valence-corrected chi connectivity index (χ2v) is 6.60. The van der Waals surface area contributed by atoms with E-state index in [0.29, 0.717) is 37.7 Å². The average molecular weight is 346 g/mol. The number of carbonyl (C=O) groups excluding carboxylic acids is 2. The molecule has 0 bridgehead atoms. The number of rotatable bonds is 3. The molecule has 0 aliphatic carbocycles. The van der Waals surface area contributed by atoms with Crippen LogP contribution in [0.5, 0.6) is 5.75 Å². The summed E-state index contributed by atoms with van der Waals surface area (Å²) in [5.41, 5.74) is 0.512. The highest BCUT2D eigenvalue weighted by molar-refractivity contribution is 6.23. The van der Waals surface area contributed by atoms with Crippen molar-refractivity contribution in [3.63, 3.8) is 0 Å². The quantitative estimate of drug-likeness (QED) is 0.765. The average Bonchev–Trinajstić information content (AvgIpc) is 3.20. The second-order valence-electron chi connectivity index (χ2n) is 6.60. The molecule has 3 saturated heterocycles. The summed E-state index contributed by atoms with van der Waals surface area (Å²) in [6, 6.07) is 6.68. The van der Waals surface area contributed by atoms with Crippen molar-refractivity contribution in [1.29, 1.82) is 0 Å². The van der Waals surface area contributed by atoms with Crippen molar-refractivity contribution in [2.75, 3.05) is 38.3 Å². The Bertz CT molecular complexity index is 676. The van der Waals surface area contributed by atoms with E-state index in [9.17, 15) is 9.59 Å². The van der Waals surface area contributed by atoms with Crippen LogP contribution in [0.15, 0.2) is 24.3 Å². The molecule has 1 atom stereocenters. The van der Waals surface area contributed by atoms with Crippen LogP contribution in [0.1, 0.15) is 19.3 Å². The Morgan fingerprint density at radius 2 is 1.80 bits per heavy atom. The summed E-state index contributed by atoms with van der Waals surface area (Å²) in [6.07, 6.45) is 1.64. The lowest BCUT2D eigenvalue weighted by Gasteiger charge is -2.39. The van der Waals surface area contributed by atoms with Crippen LogP contribution in [-0.2, 0) is 19.1 Å². The van der Waals surface area contributed by atoms with Crippen LogP contribution >= 0.6 is 0 Å². The van der Waals surface area contributed by atoms with Crippen molar-refractivity contribution in [2.24, 2.45) is 0 Å². The lowest BCUT2D eigenvalue weighted by atomic mass is 10.0. The van der Waals surface area contributed by atoms with Crippen LogP contribution in [0.25, 0.3) is 0 Å². The second kappa shape index (κ2) is 6.40. The van der Waals surface area contributed by atoms with Gasteiger partial charge in [0.25, 0.3) is 5.91 Å². The minimum Gasteiger partial charge on any atom is -0.495 e. The summed E-state index contributed by atoms with van der Waals surface area (Å²) >= 11 is 0. The molecule has 0 radical (unpaired) electrons. The molecule has 1 aromatic rings. The smallest absolute Gasteiger partial charge is 0.251 e. The zero-order chi connectivity index (χ0) is 17.4. The fraction of sp³-hybridized carbons (Fsp3) is 0.556. The monoisotopic (exact) mass is 346 g/mol. The molecule has 0 saturated carbocycles. The molecule has 0 aromatic heterocycles. The predicted octanol–water partition coefficient (Wildman–Crippen LogP) is 1.17. The zero-order valence-corrected chi connectivity index (χ0v) is 14.3. The highest BCUT2D eigenvalue weighted by atomic mass is 16.7. The van der Waals surface area contributed by atoms with Gasteiger partial charge in [-0.1, -0.05) is 12.1 Å². The number of hydrogen-bond acceptors (Lipinski definition) is 6. The third-order valence-corrected chi connectivity index (χ3v) is 5.26. The maximum atomic E-state index is 12.9. The number of likely N-dealkylation sites (tertiary alicyclic amines) is 1. The number of para-hydroxylation sites is 2. The van der Waals surface area contributed by atoms with Gasteiger partial charge in [-0.2, -0.15) is 0 Å². The fourth-order valence-electron chi connectivity index (χ4n) is 3.93. The summed E-state index contributed by atoms with van der Waals surface area (Å²) < 4.78 is 16.8. The summed E-state index contributed by atoms with van der Waals surface area (Å²) in [4.78, 5) is 28.8. The minimum absolute atomic E-state index is 0.182. The molecule has 3 aliphatic heterocycles. The van der Waals surface area contributed by atoms with E-state index in [-0.39, 0.29) is 18.2 Å². The van der Waals surface area contributed by atoms with Gasteiger partial charge < -0.3 is 14.2 Å². The standard InChI is InChI=1S/C18H22N2O5/c1-23-15-5-3-2-4-13(15)20-16(21)12-14(17(20)22)19-8-6-18(7-9-19)24-10-11-25-18/h2-5,14H,6-12H2,1H3/t14-/m0/s1. The molecular weight excluding hydrogens is 324 g/mol. The largest absolute Gasteiger partial charge is 0.495 e. The number of nitrogens with zero attached hydrogens (tertiary/aromatic N) is 2. The molecule has 4 rings (SSSR count). The molecule has 3 fully saturated rings. The van der Waals surface area contributed by atoms with Crippen molar-refractivity contribution < 1.29 is 23.8 Å². The van der Waals surface area contributed by atoms with Gasteiger partial charge >= 0.3 is 0 Å². The van der Waals surface area contributed by atoms with E-state index in [4.69, 9.17) is 14.2 Å². The molecule has 7 heteroatoms. The lowest BCUT2D eigenvalue weighted by molar-refractivity contribution is -0.188. The molecule has 1 spiro atoms. The first-order valence-electron chi connectivity index (χ1n) is 8.65. The first kappa shape index (κ1) is 16.5. The van der Waals surface area contributed by atoms with Gasteiger partial charge in [-0.15, -0.1) is 0 Å². The number of methoxy groups -OCH3 is 1. The van der Waals surface area contributed by atoms with Crippen molar-refractivity contribution >= 4 is 17.5 Å². The Morgan fingerprint density at radius 1 is 1.12 bits per heavy atom. The van der Waals surface area contributed by atoms with Crippen LogP contribution in [0.3, 0.4) is 0 Å². The Balaban J connectivity index is 1.50. The predicted molar refractivity (Wildman–Crippen MR) is 89.3 cm³/mol. The number of ether oxygens (including phenoxy) is 3. The molecule has 134 valence electrons. The van der Waals surface area contributed by atoms with Crippen LogP contribution in [0, 0.1) is 0 Å². The number of carbonyl (C=O) groups is 2. The van der Waals surface area contributed by atoms with E-state index in [0.717, 1.165) is 12.8 Å². The van der Waals surface area contributed by atoms with Gasteiger partial charge in [0.15, 0.2) is 5.79 Å². The first-order valence-corrected chi connectivity index (χ1v) is 8.65. The third-order valence-electron chi connectivity index (χ3n) is 5.26. The molecule has 0 N–H and O–H groups in total. The van der Waals surface area contributed by atoms with Crippen LogP contribution in [0.2, 0.25) is 0 Å². The van der Waals surface area contributed by atoms with Gasteiger partial charge in [0.1, 0.15) is 5.75 Å². The number of amides is 2. The van der Waals surface area contributed by atoms with Crippen molar-refractivity contribution in [2.45, 2.75) is 31.1 Å². The van der Waals surface area contributed by atoms with E-state index < -0.39 is 11.8 Å². The minimum atomic E-state index is -0.482. The van der Waals surface area contributed by atoms with Crippen molar-refractivity contribution in [1.82, 2.24) is 4.90 Å². The molecule has 3 heterocycles. The number of hydrogen-bond donors (Lipinski definition) is 0. The molecule has 0 unspecified atom stereocenters. The van der Waals surface area contributed by atoms with Gasteiger partial charge in [-0.05, 0) is 12.1 Å². The van der Waals surface area contributed by atoms with Crippen LogP contribution < -0.4 is 9.64 Å². The van der Waals surface area contributed by atoms with Crippen LogP contribution in [-0.4, -0.2) is 62.0 Å². The van der Waals surface area contributed by atoms with E-state index in [1.807, 2.05) is 6.07 Å². The highest BCUT2D eigenvalue weighted by Crippen LogP contribution is 2.36. The molecule has 3 aliphatic rings. The molecule has 7 nitrogen and oxygen atoms in total. The normalized spacial score (nSPS) is 26.6. The fourth-order valence-corrected chi connectivity index (χ4v) is 3.93. The van der Waals surface area contributed by atoms with E-state index >= 15 is 0 Å². The number of benzene rings is 1. The molecule has 1 aromatic carbocycles. The SMILES string of the molecule is COc1ccccc1N1C(=O)C[C@H](N2CCC3(CC2)OCCO3)C1=O. The maximum absolute atomic E-state index is 12.9. The number of piperidine rings is 1.